The van der Waals surface area contributed by atoms with Crippen LogP contribution in [0, 0.1) is 0 Å². The zero-order valence-corrected chi connectivity index (χ0v) is 9.11. The third-order valence-electron chi connectivity index (χ3n) is 2.46. The number of nitrogens with zero attached hydrogens (tertiary/aromatic N) is 3. The van der Waals surface area contributed by atoms with E-state index in [4.69, 9.17) is 5.53 Å². The van der Waals surface area contributed by atoms with E-state index in [1.165, 1.54) is 0 Å². The minimum atomic E-state index is 0.196. The molecular weight excluding hydrogens is 214 g/mol. The lowest BCUT2D eigenvalue weighted by Gasteiger charge is -2.06. The SMILES string of the molecule is [N-]=[N+]=NCc1ccc(-c2ccccc2)c(O)c1. The van der Waals surface area contributed by atoms with Crippen LogP contribution < -0.4 is 0 Å². The van der Waals surface area contributed by atoms with E-state index in [-0.39, 0.29) is 12.3 Å². The second kappa shape index (κ2) is 5.05. The van der Waals surface area contributed by atoms with Crippen molar-refractivity contribution in [2.24, 2.45) is 5.11 Å². The molecule has 0 heterocycles. The molecule has 84 valence electrons. The largest absolute Gasteiger partial charge is 0.507 e. The second-order valence-electron chi connectivity index (χ2n) is 3.61. The van der Waals surface area contributed by atoms with Gasteiger partial charge in [-0.25, -0.2) is 0 Å². The highest BCUT2D eigenvalue weighted by Gasteiger charge is 2.04. The van der Waals surface area contributed by atoms with Crippen LogP contribution in [0.15, 0.2) is 53.6 Å². The van der Waals surface area contributed by atoms with Crippen LogP contribution in [0.1, 0.15) is 5.56 Å². The Morgan fingerprint density at radius 1 is 1.12 bits per heavy atom. The molecule has 0 spiro atoms. The molecular formula is C13H11N3O. The quantitative estimate of drug-likeness (QED) is 0.480. The molecule has 0 saturated heterocycles. The van der Waals surface area contributed by atoms with Crippen molar-refractivity contribution in [1.29, 1.82) is 0 Å². The van der Waals surface area contributed by atoms with Crippen LogP contribution in [0.3, 0.4) is 0 Å². The van der Waals surface area contributed by atoms with E-state index in [1.54, 1.807) is 6.07 Å². The van der Waals surface area contributed by atoms with E-state index in [1.807, 2.05) is 42.5 Å². The van der Waals surface area contributed by atoms with E-state index in [0.29, 0.717) is 0 Å². The lowest BCUT2D eigenvalue weighted by atomic mass is 10.0. The molecule has 2 rings (SSSR count). The smallest absolute Gasteiger partial charge is 0.123 e. The Kier molecular flexibility index (Phi) is 3.28. The van der Waals surface area contributed by atoms with Crippen LogP contribution >= 0.6 is 0 Å². The zero-order valence-electron chi connectivity index (χ0n) is 9.11. The number of phenols is 1. The average Bonchev–Trinajstić information content (AvgIpc) is 2.37. The fourth-order valence-corrected chi connectivity index (χ4v) is 1.65. The van der Waals surface area contributed by atoms with Gasteiger partial charge in [0.05, 0.1) is 6.54 Å². The molecule has 0 fully saturated rings. The normalized spacial score (nSPS) is 9.65. The van der Waals surface area contributed by atoms with Crippen molar-refractivity contribution in [2.75, 3.05) is 0 Å². The Morgan fingerprint density at radius 3 is 2.53 bits per heavy atom. The van der Waals surface area contributed by atoms with Crippen molar-refractivity contribution < 1.29 is 5.11 Å². The molecule has 0 aliphatic rings. The van der Waals surface area contributed by atoms with Crippen LogP contribution in [0.5, 0.6) is 5.75 Å². The van der Waals surface area contributed by atoms with Crippen molar-refractivity contribution in [3.05, 3.63) is 64.5 Å². The molecule has 4 heteroatoms. The number of hydrogen-bond donors (Lipinski definition) is 1. The summed E-state index contributed by atoms with van der Waals surface area (Å²) < 4.78 is 0. The minimum Gasteiger partial charge on any atom is -0.507 e. The summed E-state index contributed by atoms with van der Waals surface area (Å²) in [4.78, 5) is 2.68. The molecule has 0 aliphatic heterocycles. The molecule has 17 heavy (non-hydrogen) atoms. The first-order valence-electron chi connectivity index (χ1n) is 5.19. The van der Waals surface area contributed by atoms with Crippen molar-refractivity contribution >= 4 is 0 Å². The topological polar surface area (TPSA) is 69.0 Å². The molecule has 0 aliphatic carbocycles. The van der Waals surface area contributed by atoms with Gasteiger partial charge in [0, 0.05) is 10.5 Å². The first kappa shape index (κ1) is 11.0. The fraction of sp³-hybridized carbons (Fsp3) is 0.0769. The summed E-state index contributed by atoms with van der Waals surface area (Å²) in [5.41, 5.74) is 10.7. The molecule has 0 saturated carbocycles. The Hall–Kier alpha value is -2.45. The van der Waals surface area contributed by atoms with E-state index in [2.05, 4.69) is 10.0 Å². The molecule has 4 nitrogen and oxygen atoms in total. The maximum atomic E-state index is 9.91. The highest BCUT2D eigenvalue weighted by molar-refractivity contribution is 5.70. The van der Waals surface area contributed by atoms with Crippen LogP contribution in [-0.2, 0) is 6.54 Å². The molecule has 1 N–H and O–H groups in total. The van der Waals surface area contributed by atoms with E-state index in [0.717, 1.165) is 16.7 Å². The summed E-state index contributed by atoms with van der Waals surface area (Å²) in [5, 5.41) is 13.4. The van der Waals surface area contributed by atoms with Gasteiger partial charge in [-0.3, -0.25) is 0 Å². The van der Waals surface area contributed by atoms with E-state index >= 15 is 0 Å². The fourth-order valence-electron chi connectivity index (χ4n) is 1.65. The lowest BCUT2D eigenvalue weighted by Crippen LogP contribution is -1.83. The monoisotopic (exact) mass is 225 g/mol. The molecule has 0 amide bonds. The predicted octanol–water partition coefficient (Wildman–Crippen LogP) is 3.87. The number of azide groups is 1. The van der Waals surface area contributed by atoms with Crippen molar-refractivity contribution in [2.45, 2.75) is 6.54 Å². The van der Waals surface area contributed by atoms with Crippen LogP contribution in [0.25, 0.3) is 21.6 Å². The van der Waals surface area contributed by atoms with Gasteiger partial charge in [-0.2, -0.15) is 0 Å². The van der Waals surface area contributed by atoms with Crippen molar-refractivity contribution in [3.63, 3.8) is 0 Å². The number of benzene rings is 2. The number of phenolic OH excluding ortho intramolecular Hbond substituents is 1. The molecule has 0 bridgehead atoms. The van der Waals surface area contributed by atoms with Gasteiger partial charge in [0.25, 0.3) is 0 Å². The average molecular weight is 225 g/mol. The van der Waals surface area contributed by atoms with Gasteiger partial charge >= 0.3 is 0 Å². The first-order valence-corrected chi connectivity index (χ1v) is 5.19. The van der Waals surface area contributed by atoms with E-state index in [9.17, 15) is 5.11 Å². The zero-order chi connectivity index (χ0) is 12.1. The standard InChI is InChI=1S/C13H11N3O/c14-16-15-9-10-6-7-12(13(17)8-10)11-4-2-1-3-5-11/h1-8,17H,9H2. The second-order valence-corrected chi connectivity index (χ2v) is 3.61. The molecule has 2 aromatic rings. The summed E-state index contributed by atoms with van der Waals surface area (Å²) >= 11 is 0. The maximum absolute atomic E-state index is 9.91. The van der Waals surface area contributed by atoms with Gasteiger partial charge in [-0.1, -0.05) is 47.6 Å². The molecule has 0 unspecified atom stereocenters. The molecule has 2 aromatic carbocycles. The minimum absolute atomic E-state index is 0.196. The van der Waals surface area contributed by atoms with Crippen LogP contribution in [0.4, 0.5) is 0 Å². The number of aromatic hydroxyl groups is 1. The Morgan fingerprint density at radius 2 is 1.88 bits per heavy atom. The number of rotatable bonds is 3. The maximum Gasteiger partial charge on any atom is 0.123 e. The first-order chi connectivity index (χ1) is 8.31. The van der Waals surface area contributed by atoms with Crippen LogP contribution in [0.2, 0.25) is 0 Å². The van der Waals surface area contributed by atoms with Gasteiger partial charge < -0.3 is 5.11 Å². The summed E-state index contributed by atoms with van der Waals surface area (Å²) in [6, 6.07) is 14.9. The molecule has 0 atom stereocenters. The summed E-state index contributed by atoms with van der Waals surface area (Å²) in [6.07, 6.45) is 0. The van der Waals surface area contributed by atoms with Crippen molar-refractivity contribution in [3.8, 4) is 16.9 Å². The Balaban J connectivity index is 2.35. The van der Waals surface area contributed by atoms with Crippen LogP contribution in [-0.4, -0.2) is 5.11 Å². The third-order valence-corrected chi connectivity index (χ3v) is 2.46. The molecule has 0 aromatic heterocycles. The van der Waals surface area contributed by atoms with Gasteiger partial charge in [0.2, 0.25) is 0 Å². The Bertz CT molecular complexity index is 560. The Labute approximate surface area is 98.8 Å². The predicted molar refractivity (Wildman–Crippen MR) is 66.4 cm³/mol. The highest BCUT2D eigenvalue weighted by Crippen LogP contribution is 2.29. The summed E-state index contributed by atoms with van der Waals surface area (Å²) in [5.74, 6) is 0.196. The van der Waals surface area contributed by atoms with Gasteiger partial charge in [0.1, 0.15) is 5.75 Å². The number of hydrogen-bond acceptors (Lipinski definition) is 2. The van der Waals surface area contributed by atoms with Gasteiger partial charge in [-0.05, 0) is 22.7 Å². The van der Waals surface area contributed by atoms with E-state index < -0.39 is 0 Å². The lowest BCUT2D eigenvalue weighted by molar-refractivity contribution is 0.476. The van der Waals surface area contributed by atoms with Gasteiger partial charge in [-0.15, -0.1) is 0 Å². The molecule has 0 radical (unpaired) electrons. The summed E-state index contributed by atoms with van der Waals surface area (Å²) in [7, 11) is 0. The van der Waals surface area contributed by atoms with Crippen molar-refractivity contribution in [1.82, 2.24) is 0 Å². The summed E-state index contributed by atoms with van der Waals surface area (Å²) in [6.45, 7) is 0.249. The highest BCUT2D eigenvalue weighted by atomic mass is 16.3. The van der Waals surface area contributed by atoms with Gasteiger partial charge in [0.15, 0.2) is 0 Å². The third kappa shape index (κ3) is 2.56.